The van der Waals surface area contributed by atoms with Crippen molar-refractivity contribution in [1.29, 1.82) is 0 Å². The molecule has 0 bridgehead atoms. The lowest BCUT2D eigenvalue weighted by atomic mass is 10.1. The van der Waals surface area contributed by atoms with Crippen LogP contribution in [0.25, 0.3) is 0 Å². The van der Waals surface area contributed by atoms with Gasteiger partial charge in [0.2, 0.25) is 0 Å². The number of halogens is 1. The van der Waals surface area contributed by atoms with Gasteiger partial charge in [0.15, 0.2) is 0 Å². The van der Waals surface area contributed by atoms with Crippen LogP contribution in [0.15, 0.2) is 42.5 Å². The number of rotatable bonds is 5. The third-order valence-corrected chi connectivity index (χ3v) is 4.96. The summed E-state index contributed by atoms with van der Waals surface area (Å²) in [6.45, 7) is 5.32. The second-order valence-corrected chi connectivity index (χ2v) is 6.98. The molecule has 0 aromatic heterocycles. The van der Waals surface area contributed by atoms with Crippen LogP contribution in [0, 0.1) is 0 Å². The van der Waals surface area contributed by atoms with Crippen molar-refractivity contribution in [3.63, 3.8) is 0 Å². The van der Waals surface area contributed by atoms with Gasteiger partial charge in [-0.3, -0.25) is 9.69 Å². The molecule has 1 aliphatic rings. The smallest absolute Gasteiger partial charge is 0.257 e. The van der Waals surface area contributed by atoms with Crippen LogP contribution >= 0.6 is 11.6 Å². The fourth-order valence-corrected chi connectivity index (χ4v) is 3.16. The lowest BCUT2D eigenvalue weighted by Gasteiger charge is -2.32. The van der Waals surface area contributed by atoms with E-state index in [4.69, 9.17) is 16.3 Å². The van der Waals surface area contributed by atoms with Gasteiger partial charge >= 0.3 is 0 Å². The van der Waals surface area contributed by atoms with Crippen LogP contribution in [0.3, 0.4) is 0 Å². The van der Waals surface area contributed by atoms with Crippen LogP contribution in [0.5, 0.6) is 5.75 Å². The standard InChI is InChI=1S/C20H24ClN3O2/c1-23-9-11-24(12-10-23)14-15-3-5-16(6-4-15)22-20(25)18-13-17(26-2)7-8-19(18)21/h3-8,13H,9-12,14H2,1-2H3,(H,22,25). The molecule has 2 aromatic rings. The van der Waals surface area contributed by atoms with Gasteiger partial charge in [0.05, 0.1) is 17.7 Å². The van der Waals surface area contributed by atoms with Gasteiger partial charge < -0.3 is 15.0 Å². The molecule has 0 atom stereocenters. The highest BCUT2D eigenvalue weighted by Gasteiger charge is 2.14. The molecule has 0 radical (unpaired) electrons. The zero-order valence-electron chi connectivity index (χ0n) is 15.2. The molecule has 0 saturated carbocycles. The maximum absolute atomic E-state index is 12.5. The highest BCUT2D eigenvalue weighted by atomic mass is 35.5. The molecule has 3 rings (SSSR count). The van der Waals surface area contributed by atoms with Crippen LogP contribution in [0.4, 0.5) is 5.69 Å². The Labute approximate surface area is 159 Å². The van der Waals surface area contributed by atoms with Crippen LogP contribution < -0.4 is 10.1 Å². The Kier molecular flexibility index (Phi) is 6.14. The highest BCUT2D eigenvalue weighted by Crippen LogP contribution is 2.23. The Bertz CT molecular complexity index is 756. The lowest BCUT2D eigenvalue weighted by Crippen LogP contribution is -2.43. The molecule has 1 N–H and O–H groups in total. The third-order valence-electron chi connectivity index (χ3n) is 4.63. The molecule has 1 amide bonds. The van der Waals surface area contributed by atoms with Gasteiger partial charge in [0, 0.05) is 38.4 Å². The highest BCUT2D eigenvalue weighted by molar-refractivity contribution is 6.34. The van der Waals surface area contributed by atoms with E-state index < -0.39 is 0 Å². The van der Waals surface area contributed by atoms with E-state index in [1.165, 1.54) is 5.56 Å². The molecule has 1 saturated heterocycles. The quantitative estimate of drug-likeness (QED) is 0.873. The minimum Gasteiger partial charge on any atom is -0.497 e. The summed E-state index contributed by atoms with van der Waals surface area (Å²) in [5, 5.41) is 3.29. The normalized spacial score (nSPS) is 15.7. The number of methoxy groups -OCH3 is 1. The van der Waals surface area contributed by atoms with Crippen molar-refractivity contribution in [2.75, 3.05) is 45.7 Å². The number of hydrogen-bond donors (Lipinski definition) is 1. The maximum Gasteiger partial charge on any atom is 0.257 e. The number of hydrogen-bond acceptors (Lipinski definition) is 4. The maximum atomic E-state index is 12.5. The van der Waals surface area contributed by atoms with Gasteiger partial charge in [-0.2, -0.15) is 0 Å². The second kappa shape index (κ2) is 8.54. The summed E-state index contributed by atoms with van der Waals surface area (Å²) < 4.78 is 5.16. The summed E-state index contributed by atoms with van der Waals surface area (Å²) in [5.41, 5.74) is 2.38. The molecule has 138 valence electrons. The van der Waals surface area contributed by atoms with Gasteiger partial charge in [0.25, 0.3) is 5.91 Å². The number of ether oxygens (including phenoxy) is 1. The minimum absolute atomic E-state index is 0.249. The SMILES string of the molecule is COc1ccc(Cl)c(C(=O)Nc2ccc(CN3CCN(C)CC3)cc2)c1. The first-order valence-corrected chi connectivity index (χ1v) is 9.07. The molecule has 0 aliphatic carbocycles. The molecule has 0 spiro atoms. The molecule has 1 fully saturated rings. The largest absolute Gasteiger partial charge is 0.497 e. The number of nitrogens with one attached hydrogen (secondary N) is 1. The number of nitrogens with zero attached hydrogens (tertiary/aromatic N) is 2. The van der Waals surface area contributed by atoms with E-state index in [-0.39, 0.29) is 5.91 Å². The topological polar surface area (TPSA) is 44.8 Å². The molecular formula is C20H24ClN3O2. The van der Waals surface area contributed by atoms with Crippen LogP contribution in [0.1, 0.15) is 15.9 Å². The third kappa shape index (κ3) is 4.75. The van der Waals surface area contributed by atoms with E-state index in [2.05, 4.69) is 34.3 Å². The molecule has 5 nitrogen and oxygen atoms in total. The van der Waals surface area contributed by atoms with E-state index in [9.17, 15) is 4.79 Å². The lowest BCUT2D eigenvalue weighted by molar-refractivity contribution is 0.102. The Morgan fingerprint density at radius 1 is 1.12 bits per heavy atom. The van der Waals surface area contributed by atoms with E-state index >= 15 is 0 Å². The van der Waals surface area contributed by atoms with Crippen LogP contribution in [-0.4, -0.2) is 56.0 Å². The van der Waals surface area contributed by atoms with Crippen molar-refractivity contribution in [1.82, 2.24) is 9.80 Å². The number of carbonyl (C=O) groups is 1. The first-order chi connectivity index (χ1) is 12.5. The van der Waals surface area contributed by atoms with Crippen LogP contribution in [0.2, 0.25) is 5.02 Å². The van der Waals surface area contributed by atoms with Crippen LogP contribution in [-0.2, 0) is 6.54 Å². The Morgan fingerprint density at radius 3 is 2.46 bits per heavy atom. The summed E-state index contributed by atoms with van der Waals surface area (Å²) in [6, 6.07) is 13.0. The number of benzene rings is 2. The summed E-state index contributed by atoms with van der Waals surface area (Å²) in [4.78, 5) is 17.3. The summed E-state index contributed by atoms with van der Waals surface area (Å²) in [5.74, 6) is 0.350. The van der Waals surface area contributed by atoms with Crippen molar-refractivity contribution in [3.8, 4) is 5.75 Å². The number of piperazine rings is 1. The van der Waals surface area contributed by atoms with E-state index in [1.807, 2.05) is 12.1 Å². The number of carbonyl (C=O) groups excluding carboxylic acids is 1. The molecule has 1 aliphatic heterocycles. The average molecular weight is 374 g/mol. The number of likely N-dealkylation sites (N-methyl/N-ethyl adjacent to an activating group) is 1. The molecule has 2 aromatic carbocycles. The predicted octanol–water partition coefficient (Wildman–Crippen LogP) is 3.35. The summed E-state index contributed by atoms with van der Waals surface area (Å²) >= 11 is 6.13. The minimum atomic E-state index is -0.249. The fraction of sp³-hybridized carbons (Fsp3) is 0.350. The van der Waals surface area contributed by atoms with Crippen molar-refractivity contribution in [2.24, 2.45) is 0 Å². The first-order valence-electron chi connectivity index (χ1n) is 8.70. The zero-order valence-corrected chi connectivity index (χ0v) is 15.9. The number of amides is 1. The monoisotopic (exact) mass is 373 g/mol. The molecule has 0 unspecified atom stereocenters. The molecule has 1 heterocycles. The Hall–Kier alpha value is -2.08. The summed E-state index contributed by atoms with van der Waals surface area (Å²) in [6.07, 6.45) is 0. The molecule has 6 heteroatoms. The van der Waals surface area contributed by atoms with E-state index in [1.54, 1.807) is 25.3 Å². The van der Waals surface area contributed by atoms with Gasteiger partial charge in [0.1, 0.15) is 5.75 Å². The van der Waals surface area contributed by atoms with Crippen molar-refractivity contribution in [2.45, 2.75) is 6.54 Å². The zero-order chi connectivity index (χ0) is 18.5. The second-order valence-electron chi connectivity index (χ2n) is 6.58. The molecule has 26 heavy (non-hydrogen) atoms. The van der Waals surface area contributed by atoms with Crippen molar-refractivity contribution < 1.29 is 9.53 Å². The summed E-state index contributed by atoms with van der Waals surface area (Å²) in [7, 11) is 3.72. The van der Waals surface area contributed by atoms with Gasteiger partial charge in [-0.05, 0) is 42.9 Å². The Balaban J connectivity index is 1.61. The predicted molar refractivity (Wildman–Crippen MR) is 105 cm³/mol. The Morgan fingerprint density at radius 2 is 1.81 bits per heavy atom. The van der Waals surface area contributed by atoms with Crippen molar-refractivity contribution >= 4 is 23.2 Å². The van der Waals surface area contributed by atoms with Gasteiger partial charge in [-0.1, -0.05) is 23.7 Å². The van der Waals surface area contributed by atoms with Gasteiger partial charge in [-0.25, -0.2) is 0 Å². The average Bonchev–Trinajstić information content (AvgIpc) is 2.65. The van der Waals surface area contributed by atoms with Crippen molar-refractivity contribution in [3.05, 3.63) is 58.6 Å². The fourth-order valence-electron chi connectivity index (χ4n) is 2.96. The van der Waals surface area contributed by atoms with E-state index in [0.717, 1.165) is 38.4 Å². The van der Waals surface area contributed by atoms with Gasteiger partial charge in [-0.15, -0.1) is 0 Å². The number of anilines is 1. The first kappa shape index (κ1) is 18.7. The molecular weight excluding hydrogens is 350 g/mol. The van der Waals surface area contributed by atoms with E-state index in [0.29, 0.717) is 16.3 Å².